The third kappa shape index (κ3) is 2.66. The minimum atomic E-state index is -0.256. The zero-order valence-corrected chi connectivity index (χ0v) is 11.4. The summed E-state index contributed by atoms with van der Waals surface area (Å²) in [5.41, 5.74) is 0.359. The van der Waals surface area contributed by atoms with Crippen LogP contribution in [0.5, 0.6) is 0 Å². The lowest BCUT2D eigenvalue weighted by molar-refractivity contribution is 0.0945. The highest BCUT2D eigenvalue weighted by Crippen LogP contribution is 2.22. The summed E-state index contributed by atoms with van der Waals surface area (Å²) in [6.45, 7) is 0.280. The Hall–Kier alpha value is -2.96. The summed E-state index contributed by atoms with van der Waals surface area (Å²) in [4.78, 5) is 20.5. The number of amides is 1. The van der Waals surface area contributed by atoms with E-state index in [0.29, 0.717) is 17.3 Å². The molecular weight excluding hydrogens is 268 g/mol. The molecule has 0 aliphatic rings. The Bertz CT molecular complexity index is 768. The molecule has 1 aromatic carbocycles. The fourth-order valence-corrected chi connectivity index (χ4v) is 2.08. The molecule has 0 spiro atoms. The number of anilines is 1. The first-order valence-corrected chi connectivity index (χ1v) is 6.48. The van der Waals surface area contributed by atoms with Gasteiger partial charge in [0.05, 0.1) is 6.54 Å². The van der Waals surface area contributed by atoms with Crippen molar-refractivity contribution < 1.29 is 4.79 Å². The number of carbonyl (C=O) groups is 1. The van der Waals surface area contributed by atoms with E-state index in [4.69, 9.17) is 0 Å². The summed E-state index contributed by atoms with van der Waals surface area (Å²) in [5.74, 6) is 1.02. The van der Waals surface area contributed by atoms with Gasteiger partial charge in [-0.05, 0) is 11.5 Å². The van der Waals surface area contributed by atoms with E-state index in [1.807, 2.05) is 24.3 Å². The molecule has 2 heterocycles. The molecule has 1 amide bonds. The summed E-state index contributed by atoms with van der Waals surface area (Å²) in [6.07, 6.45) is 1.40. The van der Waals surface area contributed by atoms with Crippen molar-refractivity contribution in [1.29, 1.82) is 0 Å². The molecule has 0 saturated heterocycles. The van der Waals surface area contributed by atoms with Crippen LogP contribution in [-0.2, 0) is 6.54 Å². The van der Waals surface area contributed by atoms with Crippen molar-refractivity contribution in [2.24, 2.45) is 0 Å². The Morgan fingerprint density at radius 2 is 2.19 bits per heavy atom. The third-order valence-electron chi connectivity index (χ3n) is 3.09. The van der Waals surface area contributed by atoms with Gasteiger partial charge < -0.3 is 10.6 Å². The van der Waals surface area contributed by atoms with Gasteiger partial charge in [-0.1, -0.05) is 24.3 Å². The number of nitrogens with one attached hydrogen (secondary N) is 3. The molecule has 0 fully saturated rings. The molecular formula is C14H14N6O. The minimum Gasteiger partial charge on any atom is -0.373 e. The maximum absolute atomic E-state index is 12.2. The lowest BCUT2D eigenvalue weighted by atomic mass is 10.1. The van der Waals surface area contributed by atoms with Gasteiger partial charge in [-0.3, -0.25) is 9.89 Å². The zero-order chi connectivity index (χ0) is 14.7. The van der Waals surface area contributed by atoms with Gasteiger partial charge in [0.15, 0.2) is 0 Å². The smallest absolute Gasteiger partial charge is 0.270 e. The van der Waals surface area contributed by atoms with Gasteiger partial charge in [0.1, 0.15) is 23.7 Å². The van der Waals surface area contributed by atoms with Crippen LogP contribution < -0.4 is 10.6 Å². The van der Waals surface area contributed by atoms with Gasteiger partial charge in [0.25, 0.3) is 5.91 Å². The van der Waals surface area contributed by atoms with Gasteiger partial charge >= 0.3 is 0 Å². The molecule has 0 aliphatic carbocycles. The topological polar surface area (TPSA) is 95.6 Å². The Labute approximate surface area is 120 Å². The predicted molar refractivity (Wildman–Crippen MR) is 78.8 cm³/mol. The van der Waals surface area contributed by atoms with Crippen LogP contribution in [0.15, 0.2) is 36.7 Å². The second-order valence-electron chi connectivity index (χ2n) is 4.44. The number of rotatable bonds is 4. The first-order valence-electron chi connectivity index (χ1n) is 6.48. The molecule has 7 heteroatoms. The monoisotopic (exact) mass is 282 g/mol. The van der Waals surface area contributed by atoms with E-state index in [1.54, 1.807) is 13.1 Å². The molecule has 0 unspecified atom stereocenters. The van der Waals surface area contributed by atoms with Gasteiger partial charge in [0.2, 0.25) is 0 Å². The molecule has 3 aromatic rings. The van der Waals surface area contributed by atoms with Crippen LogP contribution in [0.1, 0.15) is 16.3 Å². The van der Waals surface area contributed by atoms with Crippen molar-refractivity contribution in [3.05, 3.63) is 48.2 Å². The lowest BCUT2D eigenvalue weighted by Crippen LogP contribution is -2.24. The maximum atomic E-state index is 12.2. The summed E-state index contributed by atoms with van der Waals surface area (Å²) in [5, 5.41) is 14.1. The highest BCUT2D eigenvalue weighted by Gasteiger charge is 2.11. The molecule has 0 radical (unpaired) electrons. The summed E-state index contributed by atoms with van der Waals surface area (Å²) >= 11 is 0. The average molecular weight is 282 g/mol. The number of H-pyrrole nitrogens is 1. The van der Waals surface area contributed by atoms with Crippen LogP contribution >= 0.6 is 0 Å². The van der Waals surface area contributed by atoms with Crippen LogP contribution in [0, 0.1) is 0 Å². The van der Waals surface area contributed by atoms with Crippen molar-refractivity contribution in [2.75, 3.05) is 12.4 Å². The summed E-state index contributed by atoms with van der Waals surface area (Å²) in [7, 11) is 1.78. The first kappa shape index (κ1) is 13.0. The van der Waals surface area contributed by atoms with E-state index in [2.05, 4.69) is 30.8 Å². The Morgan fingerprint density at radius 1 is 1.33 bits per heavy atom. The largest absolute Gasteiger partial charge is 0.373 e. The molecule has 3 rings (SSSR count). The van der Waals surface area contributed by atoms with Crippen molar-refractivity contribution in [3.8, 4) is 0 Å². The van der Waals surface area contributed by atoms with E-state index in [1.165, 1.54) is 6.33 Å². The van der Waals surface area contributed by atoms with E-state index in [-0.39, 0.29) is 12.5 Å². The normalized spacial score (nSPS) is 10.5. The standard InChI is InChI=1S/C14H14N6O/c1-15-13-10-5-3-2-4-9(10)6-11(19-13)14(21)16-7-12-17-8-18-20-12/h2-6,8H,7H2,1H3,(H,15,19)(H,16,21)(H,17,18,20). The van der Waals surface area contributed by atoms with Gasteiger partial charge in [-0.25, -0.2) is 9.97 Å². The number of hydrogen-bond acceptors (Lipinski definition) is 5. The van der Waals surface area contributed by atoms with Crippen molar-refractivity contribution in [3.63, 3.8) is 0 Å². The van der Waals surface area contributed by atoms with Gasteiger partial charge in [-0.15, -0.1) is 0 Å². The number of aromatic amines is 1. The Morgan fingerprint density at radius 3 is 2.95 bits per heavy atom. The predicted octanol–water partition coefficient (Wildman–Crippen LogP) is 1.32. The Balaban J connectivity index is 1.87. The van der Waals surface area contributed by atoms with Crippen molar-refractivity contribution >= 4 is 22.5 Å². The fourth-order valence-electron chi connectivity index (χ4n) is 2.08. The van der Waals surface area contributed by atoms with E-state index >= 15 is 0 Å². The van der Waals surface area contributed by atoms with Crippen LogP contribution in [-0.4, -0.2) is 33.1 Å². The second-order valence-corrected chi connectivity index (χ2v) is 4.44. The summed E-state index contributed by atoms with van der Waals surface area (Å²) in [6, 6.07) is 9.55. The SMILES string of the molecule is CNc1nc(C(=O)NCc2ncn[nH]2)cc2ccccc12. The molecule has 0 aliphatic heterocycles. The molecule has 0 saturated carbocycles. The third-order valence-corrected chi connectivity index (χ3v) is 3.09. The van der Waals surface area contributed by atoms with Gasteiger partial charge in [-0.2, -0.15) is 5.10 Å². The van der Waals surface area contributed by atoms with E-state index in [9.17, 15) is 4.79 Å². The highest BCUT2D eigenvalue weighted by molar-refractivity contribution is 6.00. The number of carbonyl (C=O) groups excluding carboxylic acids is 1. The number of aromatic nitrogens is 4. The molecule has 106 valence electrons. The molecule has 0 bridgehead atoms. The Kier molecular flexibility index (Phi) is 3.46. The number of pyridine rings is 1. The quantitative estimate of drug-likeness (QED) is 0.671. The molecule has 21 heavy (non-hydrogen) atoms. The highest BCUT2D eigenvalue weighted by atomic mass is 16.1. The zero-order valence-electron chi connectivity index (χ0n) is 11.4. The van der Waals surface area contributed by atoms with Crippen LogP contribution in [0.3, 0.4) is 0 Å². The maximum Gasteiger partial charge on any atom is 0.270 e. The average Bonchev–Trinajstić information content (AvgIpc) is 3.04. The molecule has 3 N–H and O–H groups in total. The first-order chi connectivity index (χ1) is 10.3. The van der Waals surface area contributed by atoms with Crippen molar-refractivity contribution in [1.82, 2.24) is 25.5 Å². The number of nitrogens with zero attached hydrogens (tertiary/aromatic N) is 3. The number of hydrogen-bond donors (Lipinski definition) is 3. The van der Waals surface area contributed by atoms with Crippen LogP contribution in [0.2, 0.25) is 0 Å². The second kappa shape index (κ2) is 5.58. The molecule has 2 aromatic heterocycles. The number of benzene rings is 1. The van der Waals surface area contributed by atoms with Crippen molar-refractivity contribution in [2.45, 2.75) is 6.54 Å². The molecule has 0 atom stereocenters. The fraction of sp³-hybridized carbons (Fsp3) is 0.143. The minimum absolute atomic E-state index is 0.256. The van der Waals surface area contributed by atoms with Crippen LogP contribution in [0.4, 0.5) is 5.82 Å². The molecule has 7 nitrogen and oxygen atoms in total. The van der Waals surface area contributed by atoms with E-state index < -0.39 is 0 Å². The lowest BCUT2D eigenvalue weighted by Gasteiger charge is -2.08. The van der Waals surface area contributed by atoms with E-state index in [0.717, 1.165) is 10.8 Å². The number of fused-ring (bicyclic) bond motifs is 1. The summed E-state index contributed by atoms with van der Waals surface area (Å²) < 4.78 is 0. The van der Waals surface area contributed by atoms with Crippen LogP contribution in [0.25, 0.3) is 10.8 Å². The van der Waals surface area contributed by atoms with Gasteiger partial charge in [0, 0.05) is 12.4 Å².